The highest BCUT2D eigenvalue weighted by Gasteiger charge is 2.12. The van der Waals surface area contributed by atoms with E-state index in [2.05, 4.69) is 25.9 Å². The number of aromatic nitrogens is 2. The van der Waals surface area contributed by atoms with Crippen LogP contribution in [-0.2, 0) is 5.75 Å². The van der Waals surface area contributed by atoms with Crippen LogP contribution in [0.3, 0.4) is 0 Å². The van der Waals surface area contributed by atoms with E-state index < -0.39 is 5.97 Å². The molecule has 1 heterocycles. The smallest absolute Gasteiger partial charge is 0.339 e. The zero-order valence-electron chi connectivity index (χ0n) is 9.71. The van der Waals surface area contributed by atoms with E-state index in [0.717, 1.165) is 9.37 Å². The van der Waals surface area contributed by atoms with Gasteiger partial charge in [0.1, 0.15) is 11.9 Å². The van der Waals surface area contributed by atoms with Gasteiger partial charge in [0.2, 0.25) is 0 Å². The molecular weight excluding hydrogens is 330 g/mol. The first-order valence-corrected chi connectivity index (χ1v) is 7.06. The van der Waals surface area contributed by atoms with Gasteiger partial charge in [0, 0.05) is 27.0 Å². The summed E-state index contributed by atoms with van der Waals surface area (Å²) < 4.78 is 0.905. The zero-order chi connectivity index (χ0) is 13.8. The molecule has 0 spiro atoms. The zero-order valence-corrected chi connectivity index (χ0v) is 12.1. The van der Waals surface area contributed by atoms with E-state index in [0.29, 0.717) is 17.1 Å². The van der Waals surface area contributed by atoms with Crippen LogP contribution in [-0.4, -0.2) is 21.0 Å². The van der Waals surface area contributed by atoms with Gasteiger partial charge >= 0.3 is 5.97 Å². The average molecular weight is 340 g/mol. The van der Waals surface area contributed by atoms with E-state index in [-0.39, 0.29) is 5.56 Å². The molecule has 0 bridgehead atoms. The molecule has 0 saturated heterocycles. The van der Waals surface area contributed by atoms with E-state index in [1.807, 2.05) is 12.1 Å². The number of aromatic carboxylic acids is 1. The minimum Gasteiger partial charge on any atom is -0.478 e. The quantitative estimate of drug-likeness (QED) is 0.657. The van der Waals surface area contributed by atoms with Crippen molar-refractivity contribution >= 4 is 39.3 Å². The van der Waals surface area contributed by atoms with Crippen molar-refractivity contribution in [3.05, 3.63) is 46.5 Å². The van der Waals surface area contributed by atoms with Crippen LogP contribution in [0.2, 0.25) is 0 Å². The van der Waals surface area contributed by atoms with Crippen molar-refractivity contribution < 1.29 is 9.90 Å². The number of benzene rings is 1. The molecule has 1 aromatic carbocycles. The largest absolute Gasteiger partial charge is 0.478 e. The van der Waals surface area contributed by atoms with Gasteiger partial charge < -0.3 is 10.8 Å². The van der Waals surface area contributed by atoms with Crippen molar-refractivity contribution in [2.45, 2.75) is 10.6 Å². The molecule has 0 aliphatic heterocycles. The summed E-state index contributed by atoms with van der Waals surface area (Å²) in [5.74, 6) is -0.601. The van der Waals surface area contributed by atoms with E-state index in [4.69, 9.17) is 10.8 Å². The Morgan fingerprint density at radius 3 is 2.95 bits per heavy atom. The third kappa shape index (κ3) is 3.45. The first-order chi connectivity index (χ1) is 9.08. The van der Waals surface area contributed by atoms with Gasteiger partial charge in [0.25, 0.3) is 0 Å². The average Bonchev–Trinajstić information content (AvgIpc) is 2.38. The molecule has 0 aliphatic rings. The van der Waals surface area contributed by atoms with E-state index in [1.165, 1.54) is 24.3 Å². The molecule has 2 aromatic rings. The van der Waals surface area contributed by atoms with Crippen molar-refractivity contribution in [3.63, 3.8) is 0 Å². The number of hydrogen-bond donors (Lipinski definition) is 2. The fraction of sp³-hybridized carbons (Fsp3) is 0.0833. The predicted octanol–water partition coefficient (Wildman–Crippen LogP) is 2.81. The lowest BCUT2D eigenvalue weighted by atomic mass is 10.2. The van der Waals surface area contributed by atoms with Crippen molar-refractivity contribution in [2.75, 3.05) is 5.73 Å². The molecule has 19 heavy (non-hydrogen) atoms. The fourth-order valence-corrected chi connectivity index (χ4v) is 2.74. The monoisotopic (exact) mass is 339 g/mol. The Bertz CT molecular complexity index is 622. The maximum Gasteiger partial charge on any atom is 0.339 e. The van der Waals surface area contributed by atoms with Gasteiger partial charge in [-0.1, -0.05) is 15.9 Å². The van der Waals surface area contributed by atoms with E-state index in [9.17, 15) is 4.79 Å². The van der Waals surface area contributed by atoms with E-state index >= 15 is 0 Å². The number of carboxylic acid groups (broad SMARTS) is 1. The summed E-state index contributed by atoms with van der Waals surface area (Å²) >= 11 is 4.78. The van der Waals surface area contributed by atoms with Crippen LogP contribution >= 0.6 is 27.7 Å². The predicted molar refractivity (Wildman–Crippen MR) is 77.1 cm³/mol. The van der Waals surface area contributed by atoms with Gasteiger partial charge in [-0.2, -0.15) is 0 Å². The number of thioether (sulfide) groups is 1. The highest BCUT2D eigenvalue weighted by molar-refractivity contribution is 9.10. The van der Waals surface area contributed by atoms with Crippen molar-refractivity contribution in [1.29, 1.82) is 0 Å². The molecule has 2 rings (SSSR count). The lowest BCUT2D eigenvalue weighted by Crippen LogP contribution is -2.04. The number of nitrogens with zero attached hydrogens (tertiary/aromatic N) is 2. The van der Waals surface area contributed by atoms with E-state index in [1.54, 1.807) is 6.07 Å². The van der Waals surface area contributed by atoms with Crippen LogP contribution in [0.5, 0.6) is 0 Å². The number of rotatable bonds is 4. The SMILES string of the molecule is Nc1cc(Br)ccc1SCc1ncncc1C(=O)O. The molecule has 0 fully saturated rings. The van der Waals surface area contributed by atoms with Gasteiger partial charge in [-0.15, -0.1) is 11.8 Å². The second-order valence-corrected chi connectivity index (χ2v) is 5.59. The molecule has 0 aliphatic carbocycles. The van der Waals surface area contributed by atoms with Gasteiger partial charge in [0.15, 0.2) is 0 Å². The van der Waals surface area contributed by atoms with Crippen LogP contribution in [0.25, 0.3) is 0 Å². The third-order valence-electron chi connectivity index (χ3n) is 2.36. The molecule has 5 nitrogen and oxygen atoms in total. The van der Waals surface area contributed by atoms with Crippen LogP contribution in [0.4, 0.5) is 5.69 Å². The minimum atomic E-state index is -1.03. The number of nitrogens with two attached hydrogens (primary N) is 1. The molecule has 7 heteroatoms. The minimum absolute atomic E-state index is 0.116. The summed E-state index contributed by atoms with van der Waals surface area (Å²) in [6.07, 6.45) is 2.64. The van der Waals surface area contributed by atoms with Gasteiger partial charge in [-0.05, 0) is 18.2 Å². The Labute approximate surface area is 122 Å². The number of nitrogen functional groups attached to an aromatic ring is 1. The molecule has 0 unspecified atom stereocenters. The number of anilines is 1. The number of carbonyl (C=O) groups is 1. The molecule has 0 saturated carbocycles. The molecular formula is C12H10BrN3O2S. The standard InChI is InChI=1S/C12H10BrN3O2S/c13-7-1-2-11(9(14)3-7)19-5-10-8(12(17)18)4-15-6-16-10/h1-4,6H,5,14H2,(H,17,18). The fourth-order valence-electron chi connectivity index (χ4n) is 1.45. The second-order valence-electron chi connectivity index (χ2n) is 3.66. The molecule has 0 radical (unpaired) electrons. The van der Waals surface area contributed by atoms with Crippen LogP contribution in [0.15, 0.2) is 40.1 Å². The Kier molecular flexibility index (Phi) is 4.39. The van der Waals surface area contributed by atoms with Crippen LogP contribution in [0, 0.1) is 0 Å². The van der Waals surface area contributed by atoms with Crippen LogP contribution < -0.4 is 5.73 Å². The Balaban J connectivity index is 2.17. The molecule has 0 amide bonds. The van der Waals surface area contributed by atoms with Gasteiger partial charge in [-0.3, -0.25) is 0 Å². The lowest BCUT2D eigenvalue weighted by Gasteiger charge is -2.07. The van der Waals surface area contributed by atoms with Gasteiger partial charge in [-0.25, -0.2) is 14.8 Å². The van der Waals surface area contributed by atoms with Crippen molar-refractivity contribution in [3.8, 4) is 0 Å². The first-order valence-electron chi connectivity index (χ1n) is 5.28. The molecule has 0 atom stereocenters. The highest BCUT2D eigenvalue weighted by Crippen LogP contribution is 2.30. The Hall–Kier alpha value is -1.60. The van der Waals surface area contributed by atoms with Gasteiger partial charge in [0.05, 0.1) is 5.69 Å². The summed E-state index contributed by atoms with van der Waals surface area (Å²) in [5, 5.41) is 9.03. The number of carboxylic acids is 1. The summed E-state index contributed by atoms with van der Waals surface area (Å²) in [6, 6.07) is 5.57. The highest BCUT2D eigenvalue weighted by atomic mass is 79.9. The lowest BCUT2D eigenvalue weighted by molar-refractivity contribution is 0.0695. The van der Waals surface area contributed by atoms with Crippen molar-refractivity contribution in [2.24, 2.45) is 0 Å². The first kappa shape index (κ1) is 13.8. The maximum absolute atomic E-state index is 11.0. The summed E-state index contributed by atoms with van der Waals surface area (Å²) in [6.45, 7) is 0. The number of hydrogen-bond acceptors (Lipinski definition) is 5. The molecule has 1 aromatic heterocycles. The number of halogens is 1. The Morgan fingerprint density at radius 2 is 2.26 bits per heavy atom. The van der Waals surface area contributed by atoms with Crippen molar-refractivity contribution in [1.82, 2.24) is 9.97 Å². The molecule has 98 valence electrons. The maximum atomic E-state index is 11.0. The van der Waals surface area contributed by atoms with Crippen LogP contribution in [0.1, 0.15) is 16.1 Å². The topological polar surface area (TPSA) is 89.1 Å². The third-order valence-corrected chi connectivity index (χ3v) is 3.96. The normalized spacial score (nSPS) is 10.4. The summed E-state index contributed by atoms with van der Waals surface area (Å²) in [5.41, 5.74) is 7.12. The Morgan fingerprint density at radius 1 is 1.47 bits per heavy atom. The summed E-state index contributed by atoms with van der Waals surface area (Å²) in [4.78, 5) is 19.6. The summed E-state index contributed by atoms with van der Waals surface area (Å²) in [7, 11) is 0. The second kappa shape index (κ2) is 6.03. The molecule has 3 N–H and O–H groups in total.